The van der Waals surface area contributed by atoms with Crippen LogP contribution < -0.4 is 5.73 Å². The lowest BCUT2D eigenvalue weighted by Crippen LogP contribution is -2.47. The first kappa shape index (κ1) is 14.4. The van der Waals surface area contributed by atoms with Gasteiger partial charge in [-0.05, 0) is 30.7 Å². The summed E-state index contributed by atoms with van der Waals surface area (Å²) in [7, 11) is 0. The highest BCUT2D eigenvalue weighted by molar-refractivity contribution is 5.78. The minimum absolute atomic E-state index is 0.0493. The van der Waals surface area contributed by atoms with Crippen LogP contribution in [0.3, 0.4) is 0 Å². The van der Waals surface area contributed by atoms with E-state index in [-0.39, 0.29) is 12.1 Å². The summed E-state index contributed by atoms with van der Waals surface area (Å²) in [6.07, 6.45) is 3.10. The minimum atomic E-state index is -0.123. The van der Waals surface area contributed by atoms with Gasteiger partial charge in [-0.3, -0.25) is 9.88 Å². The summed E-state index contributed by atoms with van der Waals surface area (Å²) >= 11 is 0. The van der Waals surface area contributed by atoms with Crippen molar-refractivity contribution < 1.29 is 4.74 Å². The van der Waals surface area contributed by atoms with E-state index in [1.54, 1.807) is 0 Å². The molecule has 2 atom stereocenters. The molecule has 1 aromatic carbocycles. The molecule has 0 saturated carbocycles. The van der Waals surface area contributed by atoms with Gasteiger partial charge < -0.3 is 10.5 Å². The summed E-state index contributed by atoms with van der Waals surface area (Å²) in [6, 6.07) is 10.1. The second-order valence-electron chi connectivity index (χ2n) is 5.70. The number of nitrogens with zero attached hydrogens (tertiary/aromatic N) is 2. The van der Waals surface area contributed by atoms with Crippen molar-refractivity contribution in [3.8, 4) is 0 Å². The summed E-state index contributed by atoms with van der Waals surface area (Å²) in [5.74, 6) is 0. The quantitative estimate of drug-likeness (QED) is 0.937. The maximum Gasteiger partial charge on any atom is 0.0895 e. The molecule has 2 aromatic rings. The number of ether oxygens (including phenoxy) is 1. The average Bonchev–Trinajstić information content (AvgIpc) is 2.54. The monoisotopic (exact) mass is 285 g/mol. The van der Waals surface area contributed by atoms with Gasteiger partial charge in [-0.2, -0.15) is 0 Å². The molecule has 2 N–H and O–H groups in total. The summed E-state index contributed by atoms with van der Waals surface area (Å²) in [5.41, 5.74) is 8.49. The topological polar surface area (TPSA) is 51.4 Å². The Bertz CT molecular complexity index is 599. The molecule has 0 radical (unpaired) electrons. The maximum absolute atomic E-state index is 6.43. The van der Waals surface area contributed by atoms with Gasteiger partial charge in [0.05, 0.1) is 24.3 Å². The van der Waals surface area contributed by atoms with Crippen LogP contribution in [0.1, 0.15) is 24.9 Å². The molecule has 21 heavy (non-hydrogen) atoms. The minimum Gasteiger partial charge on any atom is -0.374 e. The zero-order valence-corrected chi connectivity index (χ0v) is 12.5. The number of morpholine rings is 1. The van der Waals surface area contributed by atoms with Crippen LogP contribution >= 0.6 is 0 Å². The van der Waals surface area contributed by atoms with E-state index in [1.165, 1.54) is 6.42 Å². The molecule has 1 aliphatic heterocycles. The molecule has 2 unspecified atom stereocenters. The Balaban J connectivity index is 1.77. The fraction of sp³-hybridized carbons (Fsp3) is 0.471. The van der Waals surface area contributed by atoms with Gasteiger partial charge >= 0.3 is 0 Å². The zero-order chi connectivity index (χ0) is 14.7. The molecule has 0 aliphatic carbocycles. The highest BCUT2D eigenvalue weighted by Crippen LogP contribution is 2.22. The molecule has 1 saturated heterocycles. The van der Waals surface area contributed by atoms with Gasteiger partial charge in [0, 0.05) is 24.7 Å². The number of hydrogen-bond donors (Lipinski definition) is 1. The maximum atomic E-state index is 6.43. The SMILES string of the molecule is CCCN1CCOC(C(N)c2cnc3ccccc3c2)C1. The Kier molecular flexibility index (Phi) is 4.48. The fourth-order valence-electron chi connectivity index (χ4n) is 2.95. The number of nitrogens with two attached hydrogens (primary N) is 1. The van der Waals surface area contributed by atoms with Crippen LogP contribution in [-0.4, -0.2) is 42.2 Å². The second kappa shape index (κ2) is 6.52. The fourth-order valence-corrected chi connectivity index (χ4v) is 2.95. The van der Waals surface area contributed by atoms with Crippen molar-refractivity contribution in [2.75, 3.05) is 26.2 Å². The van der Waals surface area contributed by atoms with Crippen LogP contribution in [0.4, 0.5) is 0 Å². The van der Waals surface area contributed by atoms with Crippen molar-refractivity contribution in [2.24, 2.45) is 5.73 Å². The van der Waals surface area contributed by atoms with Crippen molar-refractivity contribution >= 4 is 10.9 Å². The average molecular weight is 285 g/mol. The van der Waals surface area contributed by atoms with E-state index in [2.05, 4.69) is 28.9 Å². The van der Waals surface area contributed by atoms with Crippen LogP contribution in [0.5, 0.6) is 0 Å². The van der Waals surface area contributed by atoms with Gasteiger partial charge in [0.1, 0.15) is 0 Å². The van der Waals surface area contributed by atoms with Gasteiger partial charge in [0.15, 0.2) is 0 Å². The molecule has 1 fully saturated rings. The van der Waals surface area contributed by atoms with Crippen molar-refractivity contribution in [3.05, 3.63) is 42.1 Å². The molecule has 4 nitrogen and oxygen atoms in total. The van der Waals surface area contributed by atoms with E-state index < -0.39 is 0 Å². The summed E-state index contributed by atoms with van der Waals surface area (Å²) in [6.45, 7) is 5.99. The smallest absolute Gasteiger partial charge is 0.0895 e. The van der Waals surface area contributed by atoms with E-state index in [0.717, 1.165) is 42.7 Å². The molecule has 1 aliphatic rings. The van der Waals surface area contributed by atoms with Crippen LogP contribution in [0.2, 0.25) is 0 Å². The normalized spacial score (nSPS) is 21.5. The van der Waals surface area contributed by atoms with Crippen LogP contribution in [-0.2, 0) is 4.74 Å². The molecular formula is C17H23N3O. The highest BCUT2D eigenvalue weighted by Gasteiger charge is 2.26. The van der Waals surface area contributed by atoms with E-state index >= 15 is 0 Å². The van der Waals surface area contributed by atoms with E-state index in [0.29, 0.717) is 0 Å². The molecule has 3 rings (SSSR count). The lowest BCUT2D eigenvalue weighted by Gasteiger charge is -2.35. The van der Waals surface area contributed by atoms with E-state index in [9.17, 15) is 0 Å². The number of aromatic nitrogens is 1. The standard InChI is InChI=1S/C17H23N3O/c1-2-7-20-8-9-21-16(12-20)17(18)14-10-13-5-3-4-6-15(13)19-11-14/h3-6,10-11,16-17H,2,7-9,12,18H2,1H3. The summed E-state index contributed by atoms with van der Waals surface area (Å²) < 4.78 is 5.89. The van der Waals surface area contributed by atoms with Crippen molar-refractivity contribution in [1.82, 2.24) is 9.88 Å². The highest BCUT2D eigenvalue weighted by atomic mass is 16.5. The van der Waals surface area contributed by atoms with E-state index in [4.69, 9.17) is 10.5 Å². The Hall–Kier alpha value is -1.49. The van der Waals surface area contributed by atoms with Crippen molar-refractivity contribution in [2.45, 2.75) is 25.5 Å². The van der Waals surface area contributed by atoms with Crippen molar-refractivity contribution in [3.63, 3.8) is 0 Å². The summed E-state index contributed by atoms with van der Waals surface area (Å²) in [4.78, 5) is 6.94. The molecule has 1 aromatic heterocycles. The number of fused-ring (bicyclic) bond motifs is 1. The first-order chi connectivity index (χ1) is 10.3. The predicted molar refractivity (Wildman–Crippen MR) is 85.1 cm³/mol. The third kappa shape index (κ3) is 3.23. The second-order valence-corrected chi connectivity index (χ2v) is 5.70. The Morgan fingerprint density at radius 1 is 1.43 bits per heavy atom. The van der Waals surface area contributed by atoms with Gasteiger partial charge in [0.25, 0.3) is 0 Å². The third-order valence-corrected chi connectivity index (χ3v) is 4.11. The molecule has 0 spiro atoms. The third-order valence-electron chi connectivity index (χ3n) is 4.11. The largest absolute Gasteiger partial charge is 0.374 e. The van der Waals surface area contributed by atoms with Gasteiger partial charge in [-0.15, -0.1) is 0 Å². The lowest BCUT2D eigenvalue weighted by atomic mass is 10.0. The Morgan fingerprint density at radius 3 is 3.14 bits per heavy atom. The first-order valence-electron chi connectivity index (χ1n) is 7.72. The Morgan fingerprint density at radius 2 is 2.29 bits per heavy atom. The van der Waals surface area contributed by atoms with Crippen LogP contribution in [0, 0.1) is 0 Å². The lowest BCUT2D eigenvalue weighted by molar-refractivity contribution is -0.0408. The first-order valence-corrected chi connectivity index (χ1v) is 7.72. The number of hydrogen-bond acceptors (Lipinski definition) is 4. The summed E-state index contributed by atoms with van der Waals surface area (Å²) in [5, 5.41) is 1.13. The van der Waals surface area contributed by atoms with Crippen LogP contribution in [0.15, 0.2) is 36.5 Å². The molecule has 112 valence electrons. The molecule has 0 amide bonds. The van der Waals surface area contributed by atoms with Gasteiger partial charge in [-0.25, -0.2) is 0 Å². The van der Waals surface area contributed by atoms with E-state index in [1.807, 2.05) is 24.4 Å². The zero-order valence-electron chi connectivity index (χ0n) is 12.5. The molecule has 2 heterocycles. The number of pyridine rings is 1. The molecular weight excluding hydrogens is 262 g/mol. The molecule has 0 bridgehead atoms. The number of rotatable bonds is 4. The predicted octanol–water partition coefficient (Wildman–Crippen LogP) is 2.35. The van der Waals surface area contributed by atoms with Crippen molar-refractivity contribution in [1.29, 1.82) is 0 Å². The number of benzene rings is 1. The van der Waals surface area contributed by atoms with Gasteiger partial charge in [0.2, 0.25) is 0 Å². The number of para-hydroxylation sites is 1. The van der Waals surface area contributed by atoms with Gasteiger partial charge in [-0.1, -0.05) is 25.1 Å². The molecule has 4 heteroatoms. The Labute approximate surface area is 125 Å². The van der Waals surface area contributed by atoms with Crippen LogP contribution in [0.25, 0.3) is 10.9 Å².